The highest BCUT2D eigenvalue weighted by atomic mass is 35.5. The molecular weight excluding hydrogens is 354 g/mol. The van der Waals surface area contributed by atoms with Crippen LogP contribution in [0.5, 0.6) is 0 Å². The summed E-state index contributed by atoms with van der Waals surface area (Å²) in [4.78, 5) is 23.4. The number of hydrogen-bond donors (Lipinski definition) is 1. The highest BCUT2D eigenvalue weighted by Crippen LogP contribution is 2.25. The van der Waals surface area contributed by atoms with E-state index in [2.05, 4.69) is 10.1 Å². The lowest BCUT2D eigenvalue weighted by Gasteiger charge is -2.10. The van der Waals surface area contributed by atoms with E-state index in [1.807, 2.05) is 0 Å². The third kappa shape index (κ3) is 3.33. The normalized spacial score (nSPS) is 10.4. The Balaban J connectivity index is 2.39. The molecule has 9 heteroatoms. The predicted octanol–water partition coefficient (Wildman–Crippen LogP) is 3.94. The van der Waals surface area contributed by atoms with Crippen LogP contribution in [0.3, 0.4) is 0 Å². The third-order valence-corrected chi connectivity index (χ3v) is 3.31. The van der Waals surface area contributed by atoms with E-state index in [4.69, 9.17) is 11.6 Å². The summed E-state index contributed by atoms with van der Waals surface area (Å²) in [6.07, 6.45) is 0. The van der Waals surface area contributed by atoms with Crippen LogP contribution in [0.2, 0.25) is 5.02 Å². The molecule has 0 radical (unpaired) electrons. The van der Waals surface area contributed by atoms with Crippen molar-refractivity contribution in [1.29, 1.82) is 0 Å². The topological polar surface area (TPSA) is 55.4 Å². The summed E-state index contributed by atoms with van der Waals surface area (Å²) in [6, 6.07) is 3.90. The zero-order valence-corrected chi connectivity index (χ0v) is 12.7. The lowest BCUT2D eigenvalue weighted by Crippen LogP contribution is -2.17. The number of benzene rings is 2. The molecule has 2 aromatic rings. The number of ether oxygens (including phenoxy) is 1. The Morgan fingerprint density at radius 3 is 2.33 bits per heavy atom. The summed E-state index contributed by atoms with van der Waals surface area (Å²) < 4.78 is 57.4. The van der Waals surface area contributed by atoms with Gasteiger partial charge in [-0.15, -0.1) is 0 Å². The molecule has 0 fully saturated rings. The first-order valence-electron chi connectivity index (χ1n) is 6.28. The number of methoxy groups -OCH3 is 1. The first-order valence-corrected chi connectivity index (χ1v) is 6.66. The molecule has 2 rings (SSSR count). The number of carbonyl (C=O) groups is 2. The fraction of sp³-hybridized carbons (Fsp3) is 0.0667. The van der Waals surface area contributed by atoms with Gasteiger partial charge in [0.1, 0.15) is 0 Å². The monoisotopic (exact) mass is 361 g/mol. The minimum atomic E-state index is -2.12. The Bertz CT molecular complexity index is 842. The van der Waals surface area contributed by atoms with Crippen molar-refractivity contribution in [2.45, 2.75) is 0 Å². The number of anilines is 1. The summed E-state index contributed by atoms with van der Waals surface area (Å²) in [5.41, 5.74) is -1.17. The number of nitrogens with one attached hydrogen (secondary N) is 1. The van der Waals surface area contributed by atoms with Gasteiger partial charge in [0.2, 0.25) is 0 Å². The summed E-state index contributed by atoms with van der Waals surface area (Å²) in [5, 5.41) is 2.06. The molecule has 0 saturated carbocycles. The quantitative estimate of drug-likeness (QED) is 0.390. The van der Waals surface area contributed by atoms with Crippen molar-refractivity contribution >= 4 is 29.2 Å². The Morgan fingerprint density at radius 2 is 1.71 bits per heavy atom. The number of amides is 1. The van der Waals surface area contributed by atoms with Crippen molar-refractivity contribution in [1.82, 2.24) is 0 Å². The van der Waals surface area contributed by atoms with Crippen LogP contribution >= 0.6 is 11.6 Å². The number of halogens is 5. The largest absolute Gasteiger partial charge is 0.465 e. The van der Waals surface area contributed by atoms with E-state index in [0.717, 1.165) is 13.2 Å². The Hall–Kier alpha value is -2.61. The van der Waals surface area contributed by atoms with Gasteiger partial charge >= 0.3 is 5.97 Å². The average Bonchev–Trinajstić information content (AvgIpc) is 2.57. The van der Waals surface area contributed by atoms with Crippen LogP contribution < -0.4 is 5.32 Å². The molecule has 0 unspecified atom stereocenters. The van der Waals surface area contributed by atoms with Gasteiger partial charge in [-0.3, -0.25) is 4.79 Å². The van der Waals surface area contributed by atoms with Crippen molar-refractivity contribution in [3.63, 3.8) is 0 Å². The second-order valence-electron chi connectivity index (χ2n) is 4.49. The van der Waals surface area contributed by atoms with E-state index < -0.39 is 40.7 Å². The van der Waals surface area contributed by atoms with Gasteiger partial charge in [0.05, 0.1) is 28.9 Å². The van der Waals surface area contributed by atoms with Gasteiger partial charge in [0.25, 0.3) is 5.91 Å². The summed E-state index contributed by atoms with van der Waals surface area (Å²) in [7, 11) is 1.13. The van der Waals surface area contributed by atoms with E-state index in [1.165, 1.54) is 12.1 Å². The number of carbonyl (C=O) groups excluding carboxylic acids is 2. The van der Waals surface area contributed by atoms with Crippen molar-refractivity contribution in [3.8, 4) is 0 Å². The molecule has 0 heterocycles. The first kappa shape index (κ1) is 17.7. The summed E-state index contributed by atoms with van der Waals surface area (Å²) in [6.45, 7) is 0. The first-order chi connectivity index (χ1) is 11.3. The van der Waals surface area contributed by atoms with Crippen molar-refractivity contribution in [3.05, 3.63) is 63.7 Å². The number of hydrogen-bond acceptors (Lipinski definition) is 3. The molecule has 1 amide bonds. The lowest BCUT2D eigenvalue weighted by molar-refractivity contribution is 0.0600. The molecule has 0 bridgehead atoms. The van der Waals surface area contributed by atoms with Crippen LogP contribution in [-0.2, 0) is 4.74 Å². The van der Waals surface area contributed by atoms with E-state index in [-0.39, 0.29) is 22.3 Å². The second-order valence-corrected chi connectivity index (χ2v) is 4.90. The summed E-state index contributed by atoms with van der Waals surface area (Å²) >= 11 is 5.83. The Kier molecular flexibility index (Phi) is 5.08. The zero-order chi connectivity index (χ0) is 18.0. The van der Waals surface area contributed by atoms with Gasteiger partial charge < -0.3 is 10.1 Å². The van der Waals surface area contributed by atoms with Crippen LogP contribution in [0.25, 0.3) is 0 Å². The van der Waals surface area contributed by atoms with Crippen molar-refractivity contribution in [2.75, 3.05) is 12.4 Å². The van der Waals surface area contributed by atoms with Crippen LogP contribution in [-0.4, -0.2) is 19.0 Å². The van der Waals surface area contributed by atoms with Gasteiger partial charge in [0, 0.05) is 0 Å². The van der Waals surface area contributed by atoms with Crippen LogP contribution in [0.15, 0.2) is 24.3 Å². The fourth-order valence-electron chi connectivity index (χ4n) is 1.79. The van der Waals surface area contributed by atoms with Gasteiger partial charge in [0.15, 0.2) is 23.3 Å². The SMILES string of the molecule is COC(=O)c1ccc(Cl)c(NC(=O)c2cc(F)c(F)c(F)c2F)c1. The Morgan fingerprint density at radius 1 is 1.04 bits per heavy atom. The highest BCUT2D eigenvalue weighted by Gasteiger charge is 2.23. The standard InChI is InChI=1S/C15H8ClF4NO3/c1-24-15(23)6-2-3-8(16)10(4-6)21-14(22)7-5-9(17)12(19)13(20)11(7)18/h2-5H,1H3,(H,21,22). The van der Waals surface area contributed by atoms with E-state index >= 15 is 0 Å². The summed E-state index contributed by atoms with van der Waals surface area (Å²) in [5.74, 6) is -9.74. The predicted molar refractivity (Wildman–Crippen MR) is 77.0 cm³/mol. The molecule has 126 valence electrons. The zero-order valence-electron chi connectivity index (χ0n) is 11.9. The molecule has 0 spiro atoms. The maximum atomic E-state index is 13.6. The van der Waals surface area contributed by atoms with Gasteiger partial charge in [-0.25, -0.2) is 22.4 Å². The molecule has 2 aromatic carbocycles. The van der Waals surface area contributed by atoms with Gasteiger partial charge in [-0.2, -0.15) is 0 Å². The van der Waals surface area contributed by atoms with Gasteiger partial charge in [-0.1, -0.05) is 11.6 Å². The molecule has 4 nitrogen and oxygen atoms in total. The molecule has 1 N–H and O–H groups in total. The molecule has 24 heavy (non-hydrogen) atoms. The molecule has 0 saturated heterocycles. The lowest BCUT2D eigenvalue weighted by atomic mass is 10.1. The molecule has 0 aliphatic carbocycles. The second kappa shape index (κ2) is 6.88. The minimum absolute atomic E-state index is 0.0224. The maximum absolute atomic E-state index is 13.6. The van der Waals surface area contributed by atoms with Crippen molar-refractivity contribution < 1.29 is 31.9 Å². The minimum Gasteiger partial charge on any atom is -0.465 e. The average molecular weight is 362 g/mol. The molecule has 0 aliphatic heterocycles. The Labute approximate surface area is 138 Å². The fourth-order valence-corrected chi connectivity index (χ4v) is 1.96. The molecule has 0 atom stereocenters. The van der Waals surface area contributed by atoms with E-state index in [1.54, 1.807) is 0 Å². The third-order valence-electron chi connectivity index (χ3n) is 2.98. The van der Waals surface area contributed by atoms with E-state index in [9.17, 15) is 27.2 Å². The number of rotatable bonds is 3. The van der Waals surface area contributed by atoms with Crippen molar-refractivity contribution in [2.24, 2.45) is 0 Å². The van der Waals surface area contributed by atoms with Crippen LogP contribution in [0, 0.1) is 23.3 Å². The molecular formula is C15H8ClF4NO3. The van der Waals surface area contributed by atoms with Gasteiger partial charge in [-0.05, 0) is 24.3 Å². The smallest absolute Gasteiger partial charge is 0.337 e. The van der Waals surface area contributed by atoms with E-state index in [0.29, 0.717) is 0 Å². The molecule has 0 aliphatic rings. The maximum Gasteiger partial charge on any atom is 0.337 e. The highest BCUT2D eigenvalue weighted by molar-refractivity contribution is 6.34. The van der Waals surface area contributed by atoms with Crippen LogP contribution in [0.4, 0.5) is 23.2 Å². The van der Waals surface area contributed by atoms with Crippen LogP contribution in [0.1, 0.15) is 20.7 Å². The molecule has 0 aromatic heterocycles. The number of esters is 1.